The number of amides is 1. The minimum absolute atomic E-state index is 0.122. The summed E-state index contributed by atoms with van der Waals surface area (Å²) >= 11 is 6.71. The van der Waals surface area contributed by atoms with Crippen molar-refractivity contribution in [2.45, 2.75) is 13.5 Å². The summed E-state index contributed by atoms with van der Waals surface area (Å²) in [7, 11) is 0. The van der Waals surface area contributed by atoms with E-state index < -0.39 is 0 Å². The van der Waals surface area contributed by atoms with E-state index in [0.29, 0.717) is 22.4 Å². The highest BCUT2D eigenvalue weighted by molar-refractivity contribution is 8.26. The Morgan fingerprint density at radius 1 is 1.05 bits per heavy atom. The van der Waals surface area contributed by atoms with Crippen LogP contribution in [0.2, 0.25) is 0 Å². The van der Waals surface area contributed by atoms with Crippen molar-refractivity contribution in [2.75, 3.05) is 6.54 Å². The van der Waals surface area contributed by atoms with Gasteiger partial charge in [-0.1, -0.05) is 90.2 Å². The highest BCUT2D eigenvalue weighted by Crippen LogP contribution is 2.35. The Kier molecular flexibility index (Phi) is 7.35. The quantitative estimate of drug-likeness (QED) is 0.144. The molecule has 5 nitrogen and oxygen atoms in total. The first kappa shape index (κ1) is 24.7. The van der Waals surface area contributed by atoms with Crippen LogP contribution >= 0.6 is 24.0 Å². The number of rotatable bonds is 8. The molecule has 1 aromatic heterocycles. The number of aromatic nitrogens is 2. The van der Waals surface area contributed by atoms with E-state index in [1.807, 2.05) is 71.6 Å². The molecular formula is C30H25N3O2S2. The van der Waals surface area contributed by atoms with Crippen LogP contribution in [0, 0.1) is 6.92 Å². The number of ether oxygens (including phenoxy) is 1. The second-order valence-electron chi connectivity index (χ2n) is 8.60. The van der Waals surface area contributed by atoms with Crippen LogP contribution in [0.15, 0.2) is 103 Å². The summed E-state index contributed by atoms with van der Waals surface area (Å²) in [5.74, 6) is 0.624. The summed E-state index contributed by atoms with van der Waals surface area (Å²) < 4.78 is 8.44. The van der Waals surface area contributed by atoms with Crippen LogP contribution in [-0.2, 0) is 11.4 Å². The zero-order chi connectivity index (χ0) is 25.8. The van der Waals surface area contributed by atoms with Crippen LogP contribution in [0.25, 0.3) is 23.0 Å². The maximum atomic E-state index is 13.0. The molecule has 0 aliphatic carbocycles. The summed E-state index contributed by atoms with van der Waals surface area (Å²) in [6, 6.07) is 26.1. The molecule has 37 heavy (non-hydrogen) atoms. The molecule has 1 aliphatic rings. The fourth-order valence-electron chi connectivity index (χ4n) is 3.94. The number of hydrogen-bond acceptors (Lipinski definition) is 5. The van der Waals surface area contributed by atoms with E-state index >= 15 is 0 Å². The smallest absolute Gasteiger partial charge is 0.266 e. The summed E-state index contributed by atoms with van der Waals surface area (Å²) in [4.78, 5) is 15.1. The van der Waals surface area contributed by atoms with Gasteiger partial charge in [0.1, 0.15) is 22.4 Å². The molecule has 2 heterocycles. The van der Waals surface area contributed by atoms with Crippen molar-refractivity contribution < 1.29 is 9.53 Å². The molecule has 1 aliphatic heterocycles. The molecular weight excluding hydrogens is 498 g/mol. The molecule has 0 unspecified atom stereocenters. The molecule has 4 aromatic rings. The van der Waals surface area contributed by atoms with Crippen LogP contribution in [0.5, 0.6) is 5.75 Å². The molecule has 0 spiro atoms. The summed E-state index contributed by atoms with van der Waals surface area (Å²) in [6.45, 7) is 6.66. The minimum Gasteiger partial charge on any atom is -0.489 e. The number of thioether (sulfide) groups is 1. The van der Waals surface area contributed by atoms with Crippen molar-refractivity contribution in [1.29, 1.82) is 0 Å². The van der Waals surface area contributed by atoms with E-state index in [-0.39, 0.29) is 5.91 Å². The van der Waals surface area contributed by atoms with Crippen LogP contribution in [-0.4, -0.2) is 31.5 Å². The molecule has 1 amide bonds. The van der Waals surface area contributed by atoms with E-state index in [1.54, 1.807) is 11.0 Å². The van der Waals surface area contributed by atoms with E-state index in [2.05, 4.69) is 37.8 Å². The fourth-order valence-corrected chi connectivity index (χ4v) is 5.21. The Labute approximate surface area is 226 Å². The molecule has 0 saturated carbocycles. The number of thiocarbonyl (C=S) groups is 1. The average molecular weight is 524 g/mol. The largest absolute Gasteiger partial charge is 0.489 e. The molecule has 0 radical (unpaired) electrons. The van der Waals surface area contributed by atoms with Crippen LogP contribution < -0.4 is 4.74 Å². The molecule has 0 N–H and O–H groups in total. The number of aryl methyl sites for hydroxylation is 1. The van der Waals surface area contributed by atoms with Crippen molar-refractivity contribution in [2.24, 2.45) is 0 Å². The predicted molar refractivity (Wildman–Crippen MR) is 155 cm³/mol. The van der Waals surface area contributed by atoms with Gasteiger partial charge in [0.05, 0.1) is 10.6 Å². The average Bonchev–Trinajstić information content (AvgIpc) is 3.46. The predicted octanol–water partition coefficient (Wildman–Crippen LogP) is 6.81. The van der Waals surface area contributed by atoms with Gasteiger partial charge in [-0.05, 0) is 42.8 Å². The minimum atomic E-state index is -0.122. The lowest BCUT2D eigenvalue weighted by Gasteiger charge is -2.10. The number of carbonyl (C=O) groups is 1. The fraction of sp³-hybridized carbons (Fsp3) is 0.100. The lowest BCUT2D eigenvalue weighted by Crippen LogP contribution is -2.27. The normalized spacial score (nSPS) is 14.4. The van der Waals surface area contributed by atoms with Gasteiger partial charge in [-0.3, -0.25) is 9.69 Å². The van der Waals surface area contributed by atoms with Gasteiger partial charge >= 0.3 is 0 Å². The molecule has 184 valence electrons. The van der Waals surface area contributed by atoms with Crippen LogP contribution in [0.3, 0.4) is 0 Å². The maximum Gasteiger partial charge on any atom is 0.266 e. The summed E-state index contributed by atoms with van der Waals surface area (Å²) in [6.07, 6.45) is 5.48. The SMILES string of the molecule is C=CCN1C(=O)C(=Cc2cn(-c3ccccc3)nc2-c2cccc(OCc3ccc(C)cc3)c2)SC1=S. The number of carbonyl (C=O) groups excluding carboxylic acids is 1. The van der Waals surface area contributed by atoms with E-state index in [9.17, 15) is 4.79 Å². The molecule has 7 heteroatoms. The Balaban J connectivity index is 1.50. The van der Waals surface area contributed by atoms with Gasteiger partial charge in [0.15, 0.2) is 0 Å². The van der Waals surface area contributed by atoms with Gasteiger partial charge in [-0.25, -0.2) is 4.68 Å². The number of para-hydroxylation sites is 1. The molecule has 1 saturated heterocycles. The summed E-state index contributed by atoms with van der Waals surface area (Å²) in [5.41, 5.74) is 5.70. The second kappa shape index (κ2) is 11.0. The molecule has 1 fully saturated rings. The van der Waals surface area contributed by atoms with Gasteiger partial charge in [-0.15, -0.1) is 6.58 Å². The Hall–Kier alpha value is -3.94. The summed E-state index contributed by atoms with van der Waals surface area (Å²) in [5, 5.41) is 4.89. The van der Waals surface area contributed by atoms with Crippen LogP contribution in [0.4, 0.5) is 0 Å². The third-order valence-corrected chi connectivity index (χ3v) is 7.25. The van der Waals surface area contributed by atoms with Gasteiger partial charge in [0, 0.05) is 23.9 Å². The van der Waals surface area contributed by atoms with Crippen LogP contribution in [0.1, 0.15) is 16.7 Å². The van der Waals surface area contributed by atoms with Gasteiger partial charge in [-0.2, -0.15) is 5.10 Å². The van der Waals surface area contributed by atoms with Crippen molar-refractivity contribution in [3.05, 3.63) is 119 Å². The number of hydrogen-bond donors (Lipinski definition) is 0. The lowest BCUT2D eigenvalue weighted by molar-refractivity contribution is -0.121. The monoisotopic (exact) mass is 523 g/mol. The third kappa shape index (κ3) is 5.58. The van der Waals surface area contributed by atoms with Gasteiger partial charge in [0.2, 0.25) is 0 Å². The molecule has 0 atom stereocenters. The first-order valence-corrected chi connectivity index (χ1v) is 13.0. The number of nitrogens with zero attached hydrogens (tertiary/aromatic N) is 3. The molecule has 3 aromatic carbocycles. The Bertz CT molecular complexity index is 1490. The lowest BCUT2D eigenvalue weighted by atomic mass is 10.1. The highest BCUT2D eigenvalue weighted by Gasteiger charge is 2.31. The molecule has 0 bridgehead atoms. The Morgan fingerprint density at radius 2 is 1.84 bits per heavy atom. The molecule has 5 rings (SSSR count). The second-order valence-corrected chi connectivity index (χ2v) is 10.3. The Morgan fingerprint density at radius 3 is 2.59 bits per heavy atom. The first-order valence-electron chi connectivity index (χ1n) is 11.8. The van der Waals surface area contributed by atoms with Crippen molar-refractivity contribution in [3.63, 3.8) is 0 Å². The standard InChI is InChI=1S/C30H25N3O2S2/c1-3-16-32-29(34)27(37-30(32)36)18-24-19-33(25-9-5-4-6-10-25)31-28(24)23-8-7-11-26(17-23)35-20-22-14-12-21(2)13-15-22/h3-15,17-19H,1,16,20H2,2H3. The first-order chi connectivity index (χ1) is 18.0. The topological polar surface area (TPSA) is 47.4 Å². The maximum absolute atomic E-state index is 13.0. The van der Waals surface area contributed by atoms with Crippen molar-refractivity contribution in [3.8, 4) is 22.7 Å². The third-order valence-electron chi connectivity index (χ3n) is 5.87. The van der Waals surface area contributed by atoms with Gasteiger partial charge < -0.3 is 4.74 Å². The van der Waals surface area contributed by atoms with E-state index in [0.717, 1.165) is 33.8 Å². The van der Waals surface area contributed by atoms with Gasteiger partial charge in [0.25, 0.3) is 5.91 Å². The zero-order valence-electron chi connectivity index (χ0n) is 20.3. The highest BCUT2D eigenvalue weighted by atomic mass is 32.2. The van der Waals surface area contributed by atoms with Crippen molar-refractivity contribution >= 4 is 40.3 Å². The van der Waals surface area contributed by atoms with Crippen molar-refractivity contribution in [1.82, 2.24) is 14.7 Å². The number of benzene rings is 3. The zero-order valence-corrected chi connectivity index (χ0v) is 22.0. The van der Waals surface area contributed by atoms with E-state index in [4.69, 9.17) is 22.1 Å². The van der Waals surface area contributed by atoms with E-state index in [1.165, 1.54) is 17.3 Å².